The molecule has 1 rings (SSSR count). The zero-order chi connectivity index (χ0) is 11.8. The third-order valence-corrected chi connectivity index (χ3v) is 2.55. The molecule has 0 aliphatic carbocycles. The van der Waals surface area contributed by atoms with E-state index in [0.717, 1.165) is 25.9 Å². The normalized spacial score (nSPS) is 15.7. The Hall–Kier alpha value is -1.26. The van der Waals surface area contributed by atoms with E-state index in [9.17, 15) is 9.59 Å². The Bertz CT molecular complexity index is 237. The van der Waals surface area contributed by atoms with Crippen molar-refractivity contribution in [3.63, 3.8) is 0 Å². The quantitative estimate of drug-likeness (QED) is 0.734. The van der Waals surface area contributed by atoms with Crippen molar-refractivity contribution in [2.24, 2.45) is 0 Å². The van der Waals surface area contributed by atoms with Gasteiger partial charge < -0.3 is 15.0 Å². The molecule has 0 bridgehead atoms. The smallest absolute Gasteiger partial charge is 0.317 e. The summed E-state index contributed by atoms with van der Waals surface area (Å²) in [5, 5.41) is 2.73. The van der Waals surface area contributed by atoms with Crippen LogP contribution >= 0.6 is 0 Å². The molecular weight excluding hydrogens is 208 g/mol. The molecule has 1 saturated heterocycles. The summed E-state index contributed by atoms with van der Waals surface area (Å²) in [4.78, 5) is 24.4. The highest BCUT2D eigenvalue weighted by Crippen LogP contribution is 2.08. The van der Waals surface area contributed by atoms with Crippen LogP contribution in [0.2, 0.25) is 0 Å². The van der Waals surface area contributed by atoms with Crippen LogP contribution in [0.1, 0.15) is 32.6 Å². The van der Waals surface area contributed by atoms with Gasteiger partial charge in [0.05, 0.1) is 13.0 Å². The van der Waals surface area contributed by atoms with Crippen LogP contribution in [0.25, 0.3) is 0 Å². The lowest BCUT2D eigenvalue weighted by molar-refractivity contribution is -0.142. The first-order valence-corrected chi connectivity index (χ1v) is 5.92. The van der Waals surface area contributed by atoms with E-state index in [4.69, 9.17) is 4.74 Å². The summed E-state index contributed by atoms with van der Waals surface area (Å²) in [6, 6.07) is -0.0657. The van der Waals surface area contributed by atoms with Gasteiger partial charge in [-0.25, -0.2) is 4.79 Å². The van der Waals surface area contributed by atoms with Crippen LogP contribution in [0.4, 0.5) is 4.79 Å². The molecule has 1 aliphatic rings. The summed E-state index contributed by atoms with van der Waals surface area (Å²) >= 11 is 0. The molecule has 1 fully saturated rings. The van der Waals surface area contributed by atoms with E-state index in [2.05, 4.69) is 5.32 Å². The molecule has 2 amide bonds. The number of nitrogens with zero attached hydrogens (tertiary/aromatic N) is 1. The molecule has 1 N–H and O–H groups in total. The van der Waals surface area contributed by atoms with Gasteiger partial charge in [0.2, 0.25) is 0 Å². The molecule has 0 unspecified atom stereocenters. The molecule has 5 heteroatoms. The Kier molecular flexibility index (Phi) is 5.67. The number of nitrogens with one attached hydrogen (secondary N) is 1. The van der Waals surface area contributed by atoms with Crippen molar-refractivity contribution in [3.05, 3.63) is 0 Å². The third-order valence-electron chi connectivity index (χ3n) is 2.55. The summed E-state index contributed by atoms with van der Waals surface area (Å²) in [7, 11) is 0. The van der Waals surface area contributed by atoms with E-state index in [-0.39, 0.29) is 18.4 Å². The minimum Gasteiger partial charge on any atom is -0.466 e. The number of hydrogen-bond acceptors (Lipinski definition) is 3. The lowest BCUT2D eigenvalue weighted by Gasteiger charge is -2.26. The lowest BCUT2D eigenvalue weighted by Crippen LogP contribution is -2.43. The number of ether oxygens (including phenoxy) is 1. The Balaban J connectivity index is 2.12. The Morgan fingerprint density at radius 3 is 2.56 bits per heavy atom. The zero-order valence-electron chi connectivity index (χ0n) is 9.83. The first kappa shape index (κ1) is 12.8. The van der Waals surface area contributed by atoms with Gasteiger partial charge in [0.15, 0.2) is 0 Å². The van der Waals surface area contributed by atoms with E-state index in [1.807, 2.05) is 0 Å². The van der Waals surface area contributed by atoms with E-state index >= 15 is 0 Å². The Labute approximate surface area is 96.1 Å². The maximum Gasteiger partial charge on any atom is 0.317 e. The molecule has 0 radical (unpaired) electrons. The topological polar surface area (TPSA) is 58.6 Å². The fourth-order valence-electron chi connectivity index (χ4n) is 1.71. The predicted molar refractivity (Wildman–Crippen MR) is 60.1 cm³/mol. The number of rotatable bonds is 4. The minimum absolute atomic E-state index is 0.0657. The van der Waals surface area contributed by atoms with E-state index < -0.39 is 0 Å². The monoisotopic (exact) mass is 228 g/mol. The molecule has 5 nitrogen and oxygen atoms in total. The average Bonchev–Trinajstić information content (AvgIpc) is 2.30. The zero-order valence-corrected chi connectivity index (χ0v) is 9.83. The second-order valence-electron chi connectivity index (χ2n) is 3.83. The molecule has 0 aromatic heterocycles. The predicted octanol–water partition coefficient (Wildman–Crippen LogP) is 1.14. The minimum atomic E-state index is -0.263. The van der Waals surface area contributed by atoms with Crippen LogP contribution in [0.5, 0.6) is 0 Å². The molecule has 1 heterocycles. The highest BCUT2D eigenvalue weighted by molar-refractivity contribution is 5.75. The molecule has 0 aromatic carbocycles. The van der Waals surface area contributed by atoms with Crippen molar-refractivity contribution in [3.8, 4) is 0 Å². The Morgan fingerprint density at radius 1 is 1.25 bits per heavy atom. The van der Waals surface area contributed by atoms with Gasteiger partial charge in [-0.3, -0.25) is 4.79 Å². The maximum atomic E-state index is 11.6. The van der Waals surface area contributed by atoms with Crippen molar-refractivity contribution in [2.75, 3.05) is 26.2 Å². The van der Waals surface area contributed by atoms with Crippen molar-refractivity contribution in [1.82, 2.24) is 10.2 Å². The number of hydrogen-bond donors (Lipinski definition) is 1. The van der Waals surface area contributed by atoms with Gasteiger partial charge in [0.25, 0.3) is 0 Å². The number of carbonyl (C=O) groups excluding carboxylic acids is 2. The second-order valence-corrected chi connectivity index (χ2v) is 3.83. The van der Waals surface area contributed by atoms with Crippen LogP contribution in [0.15, 0.2) is 0 Å². The Morgan fingerprint density at radius 2 is 1.94 bits per heavy atom. The number of esters is 1. The molecular formula is C11H20N2O3. The van der Waals surface area contributed by atoms with Gasteiger partial charge in [-0.1, -0.05) is 0 Å². The van der Waals surface area contributed by atoms with Gasteiger partial charge in [-0.15, -0.1) is 0 Å². The van der Waals surface area contributed by atoms with E-state index in [1.165, 1.54) is 6.42 Å². The van der Waals surface area contributed by atoms with Crippen LogP contribution in [-0.2, 0) is 9.53 Å². The highest BCUT2D eigenvalue weighted by atomic mass is 16.5. The standard InChI is InChI=1S/C11H20N2O3/c1-2-16-10(14)6-7-12-11(15)13-8-4-3-5-9-13/h2-9H2,1H3,(H,12,15). The van der Waals surface area contributed by atoms with Gasteiger partial charge in [0.1, 0.15) is 0 Å². The van der Waals surface area contributed by atoms with E-state index in [1.54, 1.807) is 11.8 Å². The molecule has 0 aromatic rings. The number of urea groups is 1. The summed E-state index contributed by atoms with van der Waals surface area (Å²) < 4.78 is 4.77. The van der Waals surface area contributed by atoms with Crippen molar-refractivity contribution < 1.29 is 14.3 Å². The largest absolute Gasteiger partial charge is 0.466 e. The van der Waals surface area contributed by atoms with Crippen molar-refractivity contribution in [1.29, 1.82) is 0 Å². The number of likely N-dealkylation sites (tertiary alicyclic amines) is 1. The SMILES string of the molecule is CCOC(=O)CCNC(=O)N1CCCCC1. The second kappa shape index (κ2) is 7.09. The van der Waals surface area contributed by atoms with Crippen LogP contribution in [0, 0.1) is 0 Å². The fraction of sp³-hybridized carbons (Fsp3) is 0.818. The molecule has 92 valence electrons. The van der Waals surface area contributed by atoms with Crippen LogP contribution in [0.3, 0.4) is 0 Å². The molecule has 0 saturated carbocycles. The molecule has 0 spiro atoms. The fourth-order valence-corrected chi connectivity index (χ4v) is 1.71. The average molecular weight is 228 g/mol. The van der Waals surface area contributed by atoms with Crippen LogP contribution in [-0.4, -0.2) is 43.1 Å². The molecule has 16 heavy (non-hydrogen) atoms. The maximum absolute atomic E-state index is 11.6. The third kappa shape index (κ3) is 4.51. The van der Waals surface area contributed by atoms with E-state index in [0.29, 0.717) is 13.2 Å². The first-order valence-electron chi connectivity index (χ1n) is 5.92. The molecule has 1 aliphatic heterocycles. The lowest BCUT2D eigenvalue weighted by atomic mass is 10.1. The van der Waals surface area contributed by atoms with Gasteiger partial charge in [-0.05, 0) is 26.2 Å². The van der Waals surface area contributed by atoms with Gasteiger partial charge in [-0.2, -0.15) is 0 Å². The summed E-state index contributed by atoms with van der Waals surface area (Å²) in [6.07, 6.45) is 3.59. The van der Waals surface area contributed by atoms with Gasteiger partial charge >= 0.3 is 12.0 Å². The first-order chi connectivity index (χ1) is 7.74. The number of amides is 2. The summed E-state index contributed by atoms with van der Waals surface area (Å²) in [6.45, 7) is 4.16. The summed E-state index contributed by atoms with van der Waals surface area (Å²) in [5.74, 6) is -0.263. The number of carbonyl (C=O) groups is 2. The molecule has 0 atom stereocenters. The highest BCUT2D eigenvalue weighted by Gasteiger charge is 2.15. The number of piperidine rings is 1. The van der Waals surface area contributed by atoms with Crippen molar-refractivity contribution in [2.45, 2.75) is 32.6 Å². The van der Waals surface area contributed by atoms with Crippen molar-refractivity contribution >= 4 is 12.0 Å². The van der Waals surface area contributed by atoms with Gasteiger partial charge in [0, 0.05) is 19.6 Å². The van der Waals surface area contributed by atoms with Crippen LogP contribution < -0.4 is 5.32 Å². The summed E-state index contributed by atoms with van der Waals surface area (Å²) in [5.41, 5.74) is 0.